The topological polar surface area (TPSA) is 46.4 Å². The highest BCUT2D eigenvalue weighted by molar-refractivity contribution is 6.30. The van der Waals surface area contributed by atoms with Crippen LogP contribution in [0, 0.1) is 5.82 Å². The van der Waals surface area contributed by atoms with Crippen LogP contribution < -0.4 is 9.47 Å². The average Bonchev–Trinajstić information content (AvgIpc) is 2.67. The van der Waals surface area contributed by atoms with E-state index < -0.39 is 12.0 Å². The predicted molar refractivity (Wildman–Crippen MR) is 101 cm³/mol. The van der Waals surface area contributed by atoms with Gasteiger partial charge in [-0.3, -0.25) is 0 Å². The second-order valence-electron chi connectivity index (χ2n) is 5.66. The maximum Gasteiger partial charge on any atom is 0.172 e. The van der Waals surface area contributed by atoms with Gasteiger partial charge in [-0.1, -0.05) is 23.7 Å². The van der Waals surface area contributed by atoms with E-state index in [-0.39, 0.29) is 5.75 Å². The van der Waals surface area contributed by atoms with Crippen LogP contribution in [0.3, 0.4) is 0 Å². The first-order valence-corrected chi connectivity index (χ1v) is 8.58. The summed E-state index contributed by atoms with van der Waals surface area (Å²) in [7, 11) is 1.44. The van der Waals surface area contributed by atoms with Crippen molar-refractivity contribution < 1.29 is 13.9 Å². The Morgan fingerprint density at radius 1 is 1.19 bits per heavy atom. The van der Waals surface area contributed by atoms with Crippen LogP contribution in [0.4, 0.5) is 4.39 Å². The van der Waals surface area contributed by atoms with Crippen molar-refractivity contribution >= 4 is 24.3 Å². The number of benzene rings is 2. The van der Waals surface area contributed by atoms with Crippen LogP contribution in [-0.4, -0.2) is 37.8 Å². The summed E-state index contributed by atoms with van der Waals surface area (Å²) >= 11 is 5.85. The minimum absolute atomic E-state index is 0.200. The van der Waals surface area contributed by atoms with Crippen molar-refractivity contribution in [2.45, 2.75) is 12.6 Å². The van der Waals surface area contributed by atoms with Crippen molar-refractivity contribution in [3.05, 3.63) is 58.9 Å². The monoisotopic (exact) mass is 375 g/mol. The maximum atomic E-state index is 14.6. The Labute approximate surface area is 156 Å². The van der Waals surface area contributed by atoms with Crippen molar-refractivity contribution in [1.29, 1.82) is 0 Å². The van der Waals surface area contributed by atoms with Gasteiger partial charge in [0.2, 0.25) is 0 Å². The molecule has 0 spiro atoms. The number of rotatable bonds is 7. The van der Waals surface area contributed by atoms with Crippen molar-refractivity contribution in [2.24, 2.45) is 9.98 Å². The number of ether oxygens (including phenoxy) is 2. The summed E-state index contributed by atoms with van der Waals surface area (Å²) in [5.41, 5.74) is 0.449. The Bertz CT molecular complexity index is 796. The summed E-state index contributed by atoms with van der Waals surface area (Å²) in [6, 6.07) is 12.3. The number of halogens is 2. The Hall–Kier alpha value is -2.60. The molecule has 0 radical (unpaired) electrons. The standard InChI is InChI=1S/C19H19ClFN3O2/c1-25-17-5-2-4-16(18(17)21)19-23-12-22-13-24(19)10-3-11-26-15-8-6-14(20)7-9-15/h2,4-9,12-13,19H,3,10-11H2,1H3. The van der Waals surface area contributed by atoms with Crippen molar-refractivity contribution in [3.63, 3.8) is 0 Å². The lowest BCUT2D eigenvalue weighted by Crippen LogP contribution is -2.31. The molecule has 1 aliphatic heterocycles. The first kappa shape index (κ1) is 18.2. The van der Waals surface area contributed by atoms with Gasteiger partial charge in [-0.25, -0.2) is 14.4 Å². The number of methoxy groups -OCH3 is 1. The highest BCUT2D eigenvalue weighted by atomic mass is 35.5. The lowest BCUT2D eigenvalue weighted by atomic mass is 10.1. The first-order chi connectivity index (χ1) is 12.7. The van der Waals surface area contributed by atoms with E-state index in [1.807, 2.05) is 17.0 Å². The van der Waals surface area contributed by atoms with Gasteiger partial charge in [0.05, 0.1) is 20.1 Å². The van der Waals surface area contributed by atoms with E-state index in [1.54, 1.807) is 36.7 Å². The molecule has 0 saturated carbocycles. The lowest BCUT2D eigenvalue weighted by molar-refractivity contribution is 0.261. The highest BCUT2D eigenvalue weighted by Crippen LogP contribution is 2.30. The first-order valence-electron chi connectivity index (χ1n) is 8.20. The third kappa shape index (κ3) is 4.32. The highest BCUT2D eigenvalue weighted by Gasteiger charge is 2.23. The van der Waals surface area contributed by atoms with Crippen molar-refractivity contribution in [3.8, 4) is 11.5 Å². The molecule has 1 unspecified atom stereocenters. The summed E-state index contributed by atoms with van der Waals surface area (Å²) in [6.45, 7) is 1.14. The second-order valence-corrected chi connectivity index (χ2v) is 6.10. The fourth-order valence-corrected chi connectivity index (χ4v) is 2.78. The minimum atomic E-state index is -0.474. The van der Waals surface area contributed by atoms with E-state index in [1.165, 1.54) is 13.4 Å². The Balaban J connectivity index is 1.60. The number of aliphatic imine (C=N–C) groups is 2. The fourth-order valence-electron chi connectivity index (χ4n) is 2.66. The van der Waals surface area contributed by atoms with Crippen LogP contribution in [0.15, 0.2) is 52.4 Å². The van der Waals surface area contributed by atoms with Gasteiger partial charge in [0.1, 0.15) is 12.1 Å². The van der Waals surface area contributed by atoms with Crippen molar-refractivity contribution in [2.75, 3.05) is 20.3 Å². The molecule has 1 heterocycles. The molecule has 7 heteroatoms. The molecule has 1 aliphatic rings. The summed E-state index contributed by atoms with van der Waals surface area (Å²) in [5, 5.41) is 0.669. The van der Waals surface area contributed by atoms with Gasteiger partial charge in [-0.05, 0) is 36.8 Å². The van der Waals surface area contributed by atoms with Gasteiger partial charge in [0, 0.05) is 17.1 Å². The third-order valence-corrected chi connectivity index (χ3v) is 4.19. The summed E-state index contributed by atoms with van der Waals surface area (Å²) < 4.78 is 25.3. The molecule has 2 aromatic carbocycles. The summed E-state index contributed by atoms with van der Waals surface area (Å²) in [5.74, 6) is 0.552. The van der Waals surface area contributed by atoms with Gasteiger partial charge in [0.15, 0.2) is 17.7 Å². The number of hydrogen-bond acceptors (Lipinski definition) is 5. The van der Waals surface area contributed by atoms with Gasteiger partial charge in [-0.15, -0.1) is 0 Å². The molecule has 5 nitrogen and oxygen atoms in total. The quantitative estimate of drug-likeness (QED) is 0.677. The van der Waals surface area contributed by atoms with Gasteiger partial charge in [0.25, 0.3) is 0 Å². The van der Waals surface area contributed by atoms with Crippen LogP contribution in [0.5, 0.6) is 11.5 Å². The van der Waals surface area contributed by atoms with E-state index in [0.717, 1.165) is 12.2 Å². The van der Waals surface area contributed by atoms with Gasteiger partial charge in [-0.2, -0.15) is 0 Å². The van der Waals surface area contributed by atoms with Crippen LogP contribution in [0.1, 0.15) is 18.2 Å². The maximum absolute atomic E-state index is 14.6. The normalized spacial score (nSPS) is 16.0. The van der Waals surface area contributed by atoms with Crippen LogP contribution in [0.2, 0.25) is 5.02 Å². The Morgan fingerprint density at radius 2 is 2.00 bits per heavy atom. The zero-order valence-corrected chi connectivity index (χ0v) is 15.1. The van der Waals surface area contributed by atoms with Crippen molar-refractivity contribution in [1.82, 2.24) is 4.90 Å². The van der Waals surface area contributed by atoms with E-state index in [4.69, 9.17) is 21.1 Å². The molecule has 0 N–H and O–H groups in total. The molecule has 0 aromatic heterocycles. The second kappa shape index (κ2) is 8.67. The molecule has 3 rings (SSSR count). The van der Waals surface area contributed by atoms with Crippen LogP contribution in [-0.2, 0) is 0 Å². The summed E-state index contributed by atoms with van der Waals surface area (Å²) in [6.07, 6.45) is 3.35. The van der Waals surface area contributed by atoms with Crippen LogP contribution in [0.25, 0.3) is 0 Å². The molecule has 0 amide bonds. The van der Waals surface area contributed by atoms with E-state index in [9.17, 15) is 4.39 Å². The Morgan fingerprint density at radius 3 is 2.77 bits per heavy atom. The molecule has 136 valence electrons. The third-order valence-electron chi connectivity index (χ3n) is 3.94. The smallest absolute Gasteiger partial charge is 0.172 e. The SMILES string of the molecule is COc1cccc(C2N=CN=CN2CCCOc2ccc(Cl)cc2)c1F. The molecular formula is C19H19ClFN3O2. The molecular weight excluding hydrogens is 357 g/mol. The molecule has 0 bridgehead atoms. The molecule has 0 aliphatic carbocycles. The Kier molecular flexibility index (Phi) is 6.07. The van der Waals surface area contributed by atoms with Gasteiger partial charge >= 0.3 is 0 Å². The van der Waals surface area contributed by atoms with Crippen LogP contribution >= 0.6 is 11.6 Å². The summed E-state index contributed by atoms with van der Waals surface area (Å²) in [4.78, 5) is 10.2. The molecule has 1 atom stereocenters. The average molecular weight is 376 g/mol. The largest absolute Gasteiger partial charge is 0.494 e. The molecule has 0 fully saturated rings. The number of nitrogens with zero attached hydrogens (tertiary/aromatic N) is 3. The van der Waals surface area contributed by atoms with E-state index >= 15 is 0 Å². The zero-order chi connectivity index (χ0) is 18.4. The van der Waals surface area contributed by atoms with Gasteiger partial charge < -0.3 is 14.4 Å². The minimum Gasteiger partial charge on any atom is -0.494 e. The van der Waals surface area contributed by atoms with E-state index in [0.29, 0.717) is 23.7 Å². The zero-order valence-electron chi connectivity index (χ0n) is 14.3. The molecule has 26 heavy (non-hydrogen) atoms. The lowest BCUT2D eigenvalue weighted by Gasteiger charge is -2.29. The fraction of sp³-hybridized carbons (Fsp3) is 0.263. The predicted octanol–water partition coefficient (Wildman–Crippen LogP) is 4.33. The molecule has 0 saturated heterocycles. The van der Waals surface area contributed by atoms with E-state index in [2.05, 4.69) is 9.98 Å². The number of hydrogen-bond donors (Lipinski definition) is 0. The molecule has 2 aromatic rings.